The van der Waals surface area contributed by atoms with Crippen LogP contribution in [-0.4, -0.2) is 44.3 Å². The number of aryl methyl sites for hydroxylation is 1. The summed E-state index contributed by atoms with van der Waals surface area (Å²) in [6.07, 6.45) is 4.87. The van der Waals surface area contributed by atoms with Gasteiger partial charge in [0, 0.05) is 25.4 Å². The van der Waals surface area contributed by atoms with Gasteiger partial charge in [-0.25, -0.2) is 4.98 Å². The van der Waals surface area contributed by atoms with Crippen LogP contribution in [0.1, 0.15) is 46.1 Å². The summed E-state index contributed by atoms with van der Waals surface area (Å²) >= 11 is 0. The van der Waals surface area contributed by atoms with Crippen LogP contribution in [0.15, 0.2) is 35.0 Å². The lowest BCUT2D eigenvalue weighted by Crippen LogP contribution is -2.36. The highest BCUT2D eigenvalue weighted by Gasteiger charge is 2.26. The molecule has 0 unspecified atom stereocenters. The number of carbonyl (C=O) groups is 2. The van der Waals surface area contributed by atoms with E-state index in [1.807, 2.05) is 12.1 Å². The molecule has 0 aliphatic carbocycles. The number of imidazole rings is 1. The van der Waals surface area contributed by atoms with E-state index in [-0.39, 0.29) is 17.4 Å². The molecule has 1 aliphatic heterocycles. The molecule has 2 amide bonds. The number of aromatic nitrogens is 3. The minimum atomic E-state index is -0.431. The smallest absolute Gasteiger partial charge is 0.290 e. The van der Waals surface area contributed by atoms with E-state index in [2.05, 4.69) is 15.5 Å². The van der Waals surface area contributed by atoms with Gasteiger partial charge in [0.15, 0.2) is 11.5 Å². The predicted octanol–water partition coefficient (Wildman–Crippen LogP) is 2.51. The molecule has 3 aromatic rings. The minimum absolute atomic E-state index is 0.151. The monoisotopic (exact) mass is 353 g/mol. The third-order valence-electron chi connectivity index (χ3n) is 4.47. The molecule has 0 spiro atoms. The fraction of sp³-hybridized carbons (Fsp3) is 0.333. The molecule has 1 aliphatic rings. The fourth-order valence-corrected chi connectivity index (χ4v) is 3.20. The molecule has 1 fully saturated rings. The maximum absolute atomic E-state index is 12.9. The van der Waals surface area contributed by atoms with Gasteiger partial charge in [0.05, 0.1) is 5.52 Å². The molecule has 134 valence electrons. The van der Waals surface area contributed by atoms with Crippen LogP contribution in [-0.2, 0) is 0 Å². The Morgan fingerprint density at radius 2 is 2.00 bits per heavy atom. The van der Waals surface area contributed by atoms with Crippen LogP contribution in [0.5, 0.6) is 0 Å². The van der Waals surface area contributed by atoms with Crippen molar-refractivity contribution in [2.75, 3.05) is 18.4 Å². The van der Waals surface area contributed by atoms with Crippen molar-refractivity contribution < 1.29 is 14.1 Å². The Morgan fingerprint density at radius 1 is 1.19 bits per heavy atom. The first-order valence-corrected chi connectivity index (χ1v) is 8.64. The van der Waals surface area contributed by atoms with Crippen molar-refractivity contribution in [3.63, 3.8) is 0 Å². The van der Waals surface area contributed by atoms with Gasteiger partial charge < -0.3 is 14.7 Å². The molecular weight excluding hydrogens is 334 g/mol. The van der Waals surface area contributed by atoms with Crippen molar-refractivity contribution >= 4 is 23.1 Å². The van der Waals surface area contributed by atoms with Crippen molar-refractivity contribution in [2.45, 2.75) is 26.2 Å². The molecule has 0 saturated carbocycles. The average molecular weight is 353 g/mol. The topological polar surface area (TPSA) is 92.7 Å². The number of piperidine rings is 1. The Bertz CT molecular complexity index is 968. The van der Waals surface area contributed by atoms with E-state index in [9.17, 15) is 9.59 Å². The number of hydrogen-bond donors (Lipinski definition) is 1. The van der Waals surface area contributed by atoms with Crippen molar-refractivity contribution in [3.05, 3.63) is 47.7 Å². The minimum Gasteiger partial charge on any atom is -0.360 e. The molecule has 0 bridgehead atoms. The van der Waals surface area contributed by atoms with Crippen LogP contribution in [0.25, 0.3) is 5.52 Å². The van der Waals surface area contributed by atoms with Crippen molar-refractivity contribution in [1.29, 1.82) is 0 Å². The number of fused-ring (bicyclic) bond motifs is 1. The second-order valence-electron chi connectivity index (χ2n) is 6.37. The SMILES string of the molecule is Cc1cc(NC(=O)c2nc(C(=O)N3CCCCC3)n3ccccc23)no1. The first-order valence-electron chi connectivity index (χ1n) is 8.64. The van der Waals surface area contributed by atoms with Gasteiger partial charge in [-0.15, -0.1) is 0 Å². The van der Waals surface area contributed by atoms with Gasteiger partial charge in [-0.05, 0) is 38.3 Å². The summed E-state index contributed by atoms with van der Waals surface area (Å²) in [6.45, 7) is 3.19. The normalized spacial score (nSPS) is 14.6. The van der Waals surface area contributed by atoms with Crippen LogP contribution in [0, 0.1) is 6.92 Å². The van der Waals surface area contributed by atoms with E-state index < -0.39 is 5.91 Å². The third-order valence-corrected chi connectivity index (χ3v) is 4.47. The van der Waals surface area contributed by atoms with Gasteiger partial charge in [0.2, 0.25) is 5.82 Å². The number of rotatable bonds is 3. The number of carbonyl (C=O) groups excluding carboxylic acids is 2. The van der Waals surface area contributed by atoms with Crippen LogP contribution in [0.4, 0.5) is 5.82 Å². The van der Waals surface area contributed by atoms with Crippen LogP contribution >= 0.6 is 0 Å². The van der Waals surface area contributed by atoms with Crippen molar-refractivity contribution in [3.8, 4) is 0 Å². The molecule has 3 aromatic heterocycles. The molecule has 1 saturated heterocycles. The summed E-state index contributed by atoms with van der Waals surface area (Å²) in [5.41, 5.74) is 0.761. The zero-order chi connectivity index (χ0) is 18.1. The lowest BCUT2D eigenvalue weighted by atomic mass is 10.1. The van der Waals surface area contributed by atoms with Crippen LogP contribution in [0.2, 0.25) is 0 Å². The molecule has 8 heteroatoms. The number of hydrogen-bond acceptors (Lipinski definition) is 5. The summed E-state index contributed by atoms with van der Waals surface area (Å²) in [5, 5.41) is 6.42. The summed E-state index contributed by atoms with van der Waals surface area (Å²) in [6, 6.07) is 7.01. The Labute approximate surface area is 149 Å². The van der Waals surface area contributed by atoms with E-state index in [0.29, 0.717) is 17.1 Å². The van der Waals surface area contributed by atoms with E-state index in [0.717, 1.165) is 32.4 Å². The number of nitrogens with zero attached hydrogens (tertiary/aromatic N) is 4. The maximum Gasteiger partial charge on any atom is 0.290 e. The number of nitrogens with one attached hydrogen (secondary N) is 1. The molecule has 4 rings (SSSR count). The first-order chi connectivity index (χ1) is 12.6. The Hall–Kier alpha value is -3.16. The highest BCUT2D eigenvalue weighted by atomic mass is 16.5. The summed E-state index contributed by atoms with van der Waals surface area (Å²) in [5.74, 6) is 0.579. The number of pyridine rings is 1. The molecule has 0 radical (unpaired) electrons. The van der Waals surface area contributed by atoms with Crippen molar-refractivity contribution in [1.82, 2.24) is 19.4 Å². The Morgan fingerprint density at radius 3 is 2.73 bits per heavy atom. The highest BCUT2D eigenvalue weighted by molar-refractivity contribution is 6.08. The lowest BCUT2D eigenvalue weighted by molar-refractivity contribution is 0.0711. The zero-order valence-electron chi connectivity index (χ0n) is 14.4. The average Bonchev–Trinajstić information content (AvgIpc) is 3.25. The maximum atomic E-state index is 12.9. The Kier molecular flexibility index (Phi) is 4.16. The number of likely N-dealkylation sites (tertiary alicyclic amines) is 1. The standard InChI is InChI=1S/C18H19N5O3/c1-12-11-14(21-26-12)19-17(24)15-13-7-3-6-10-23(13)16(20-15)18(25)22-8-4-2-5-9-22/h3,6-7,10-11H,2,4-5,8-9H2,1H3,(H,19,21,24). The van der Waals surface area contributed by atoms with Gasteiger partial charge in [0.25, 0.3) is 11.8 Å². The molecule has 8 nitrogen and oxygen atoms in total. The van der Waals surface area contributed by atoms with Crippen LogP contribution < -0.4 is 5.32 Å². The van der Waals surface area contributed by atoms with Crippen molar-refractivity contribution in [2.24, 2.45) is 0 Å². The second-order valence-corrected chi connectivity index (χ2v) is 6.37. The second kappa shape index (κ2) is 6.62. The zero-order valence-corrected chi connectivity index (χ0v) is 14.4. The number of amides is 2. The predicted molar refractivity (Wildman–Crippen MR) is 94.1 cm³/mol. The Balaban J connectivity index is 1.69. The van der Waals surface area contributed by atoms with Gasteiger partial charge in [0.1, 0.15) is 5.76 Å². The largest absolute Gasteiger partial charge is 0.360 e. The first kappa shape index (κ1) is 16.3. The summed E-state index contributed by atoms with van der Waals surface area (Å²) < 4.78 is 6.63. The highest BCUT2D eigenvalue weighted by Crippen LogP contribution is 2.19. The van der Waals surface area contributed by atoms with E-state index in [1.165, 1.54) is 0 Å². The molecule has 1 N–H and O–H groups in total. The van der Waals surface area contributed by atoms with Gasteiger partial charge >= 0.3 is 0 Å². The summed E-state index contributed by atoms with van der Waals surface area (Å²) in [7, 11) is 0. The van der Waals surface area contributed by atoms with Gasteiger partial charge in [-0.2, -0.15) is 0 Å². The molecule has 0 aromatic carbocycles. The van der Waals surface area contributed by atoms with Gasteiger partial charge in [-0.3, -0.25) is 14.0 Å². The third kappa shape index (κ3) is 2.94. The summed E-state index contributed by atoms with van der Waals surface area (Å²) in [4.78, 5) is 31.7. The van der Waals surface area contributed by atoms with Gasteiger partial charge in [-0.1, -0.05) is 11.2 Å². The lowest BCUT2D eigenvalue weighted by Gasteiger charge is -2.25. The van der Waals surface area contributed by atoms with E-state index in [4.69, 9.17) is 4.52 Å². The quantitative estimate of drug-likeness (QED) is 0.781. The number of anilines is 1. The van der Waals surface area contributed by atoms with Crippen LogP contribution in [0.3, 0.4) is 0 Å². The fourth-order valence-electron chi connectivity index (χ4n) is 3.20. The molecular formula is C18H19N5O3. The molecule has 26 heavy (non-hydrogen) atoms. The van der Waals surface area contributed by atoms with E-state index in [1.54, 1.807) is 34.6 Å². The van der Waals surface area contributed by atoms with E-state index >= 15 is 0 Å². The molecule has 0 atom stereocenters. The molecule has 4 heterocycles.